The lowest BCUT2D eigenvalue weighted by molar-refractivity contribution is -0.183. The first kappa shape index (κ1) is 13.8. The number of nitrogens with zero attached hydrogens (tertiary/aromatic N) is 1. The fourth-order valence-electron chi connectivity index (χ4n) is 2.61. The molecular formula is C13H24N2O3. The zero-order chi connectivity index (χ0) is 12.8. The third kappa shape index (κ3) is 3.93. The van der Waals surface area contributed by atoms with Crippen LogP contribution in [-0.4, -0.2) is 57.0 Å². The lowest BCUT2D eigenvalue weighted by Gasteiger charge is -2.32. The number of carbonyl (C=O) groups is 1. The van der Waals surface area contributed by atoms with Crippen LogP contribution in [0.25, 0.3) is 0 Å². The van der Waals surface area contributed by atoms with Crippen molar-refractivity contribution in [2.45, 2.75) is 32.0 Å². The normalized spacial score (nSPS) is 24.1. The topological polar surface area (TPSA) is 50.8 Å². The van der Waals surface area contributed by atoms with Gasteiger partial charge in [0.15, 0.2) is 6.29 Å². The van der Waals surface area contributed by atoms with Crippen molar-refractivity contribution in [3.63, 3.8) is 0 Å². The maximum absolute atomic E-state index is 11.5. The summed E-state index contributed by atoms with van der Waals surface area (Å²) in [5.74, 6) is 0.391. The number of rotatable bonds is 4. The lowest BCUT2D eigenvalue weighted by atomic mass is 9.96. The molecule has 0 aromatic heterocycles. The van der Waals surface area contributed by atoms with Crippen LogP contribution in [0.1, 0.15) is 25.7 Å². The molecule has 2 aliphatic rings. The molecule has 0 aromatic rings. The highest BCUT2D eigenvalue weighted by molar-refractivity contribution is 5.78. The van der Waals surface area contributed by atoms with Crippen molar-refractivity contribution < 1.29 is 14.3 Å². The maximum Gasteiger partial charge on any atom is 0.222 e. The van der Waals surface area contributed by atoms with Crippen molar-refractivity contribution >= 4 is 5.91 Å². The molecular weight excluding hydrogens is 232 g/mol. The first-order valence-electron chi connectivity index (χ1n) is 6.96. The van der Waals surface area contributed by atoms with Crippen molar-refractivity contribution in [3.8, 4) is 0 Å². The van der Waals surface area contributed by atoms with E-state index >= 15 is 0 Å². The summed E-state index contributed by atoms with van der Waals surface area (Å²) >= 11 is 0. The standard InChI is InChI=1S/C13H24N2O3/c1-14-13(16)11-3-6-15(7-4-11)8-5-12-17-9-2-10-18-12/h11-12H,2-10H2,1H3,(H,14,16). The van der Waals surface area contributed by atoms with Crippen LogP contribution < -0.4 is 5.32 Å². The van der Waals surface area contributed by atoms with Gasteiger partial charge in [-0.05, 0) is 32.4 Å². The molecule has 2 saturated heterocycles. The third-order valence-corrected chi connectivity index (χ3v) is 3.78. The molecule has 0 atom stereocenters. The van der Waals surface area contributed by atoms with Crippen molar-refractivity contribution in [1.29, 1.82) is 0 Å². The van der Waals surface area contributed by atoms with Crippen molar-refractivity contribution in [2.75, 3.05) is 39.9 Å². The predicted molar refractivity (Wildman–Crippen MR) is 68.2 cm³/mol. The second-order valence-electron chi connectivity index (χ2n) is 5.04. The average molecular weight is 256 g/mol. The van der Waals surface area contributed by atoms with E-state index in [0.717, 1.165) is 58.5 Å². The zero-order valence-corrected chi connectivity index (χ0v) is 11.2. The van der Waals surface area contributed by atoms with E-state index in [-0.39, 0.29) is 18.1 Å². The van der Waals surface area contributed by atoms with Crippen LogP contribution in [-0.2, 0) is 14.3 Å². The minimum atomic E-state index is -0.0181. The van der Waals surface area contributed by atoms with Gasteiger partial charge in [-0.2, -0.15) is 0 Å². The number of carbonyl (C=O) groups excluding carboxylic acids is 1. The molecule has 0 aliphatic carbocycles. The predicted octanol–water partition coefficient (Wildman–Crippen LogP) is 0.598. The molecule has 0 unspecified atom stereocenters. The molecule has 0 spiro atoms. The molecule has 18 heavy (non-hydrogen) atoms. The van der Waals surface area contributed by atoms with Crippen molar-refractivity contribution in [2.24, 2.45) is 5.92 Å². The fraction of sp³-hybridized carbons (Fsp3) is 0.923. The van der Waals surface area contributed by atoms with E-state index in [1.807, 2.05) is 0 Å². The Morgan fingerprint density at radius 1 is 1.28 bits per heavy atom. The molecule has 2 rings (SSSR count). The molecule has 2 aliphatic heterocycles. The minimum absolute atomic E-state index is 0.0181. The molecule has 2 fully saturated rings. The molecule has 0 aromatic carbocycles. The van der Waals surface area contributed by atoms with Gasteiger partial charge < -0.3 is 19.7 Å². The fourth-order valence-corrected chi connectivity index (χ4v) is 2.61. The zero-order valence-electron chi connectivity index (χ0n) is 11.2. The molecule has 104 valence electrons. The van der Waals surface area contributed by atoms with Gasteiger partial charge in [-0.1, -0.05) is 0 Å². The van der Waals surface area contributed by atoms with E-state index in [1.54, 1.807) is 7.05 Å². The molecule has 0 bridgehead atoms. The monoisotopic (exact) mass is 256 g/mol. The molecule has 0 radical (unpaired) electrons. The first-order valence-corrected chi connectivity index (χ1v) is 6.96. The van der Waals surface area contributed by atoms with Crippen LogP contribution in [0, 0.1) is 5.92 Å². The van der Waals surface area contributed by atoms with Crippen LogP contribution in [0.5, 0.6) is 0 Å². The number of hydrogen-bond donors (Lipinski definition) is 1. The lowest BCUT2D eigenvalue weighted by Crippen LogP contribution is -2.41. The van der Waals surface area contributed by atoms with Crippen LogP contribution in [0.3, 0.4) is 0 Å². The third-order valence-electron chi connectivity index (χ3n) is 3.78. The maximum atomic E-state index is 11.5. The van der Waals surface area contributed by atoms with Crippen LogP contribution in [0.2, 0.25) is 0 Å². The highest BCUT2D eigenvalue weighted by atomic mass is 16.7. The van der Waals surface area contributed by atoms with Crippen LogP contribution >= 0.6 is 0 Å². The summed E-state index contributed by atoms with van der Waals surface area (Å²) in [6.45, 7) is 4.66. The molecule has 5 nitrogen and oxygen atoms in total. The highest BCUT2D eigenvalue weighted by Gasteiger charge is 2.24. The molecule has 5 heteroatoms. The van der Waals surface area contributed by atoms with Gasteiger partial charge in [-0.3, -0.25) is 4.79 Å². The summed E-state index contributed by atoms with van der Waals surface area (Å²) in [6.07, 6.45) is 3.85. The Bertz CT molecular complexity index is 259. The summed E-state index contributed by atoms with van der Waals surface area (Å²) in [7, 11) is 1.71. The van der Waals surface area contributed by atoms with Gasteiger partial charge >= 0.3 is 0 Å². The Kier molecular flexibility index (Phi) is 5.41. The summed E-state index contributed by atoms with van der Waals surface area (Å²) in [6, 6.07) is 0. The van der Waals surface area contributed by atoms with Crippen molar-refractivity contribution in [3.05, 3.63) is 0 Å². The Balaban J connectivity index is 1.62. The smallest absolute Gasteiger partial charge is 0.222 e. The van der Waals surface area contributed by atoms with Gasteiger partial charge in [0, 0.05) is 25.9 Å². The first-order chi connectivity index (χ1) is 8.79. The van der Waals surface area contributed by atoms with Gasteiger partial charge in [0.25, 0.3) is 0 Å². The average Bonchev–Trinajstić information content (AvgIpc) is 2.46. The molecule has 0 saturated carbocycles. The van der Waals surface area contributed by atoms with Gasteiger partial charge in [0.1, 0.15) is 0 Å². The van der Waals surface area contributed by atoms with E-state index in [9.17, 15) is 4.79 Å². The number of hydrogen-bond acceptors (Lipinski definition) is 4. The summed E-state index contributed by atoms with van der Waals surface area (Å²) in [4.78, 5) is 13.9. The summed E-state index contributed by atoms with van der Waals surface area (Å²) in [5, 5.41) is 2.74. The van der Waals surface area contributed by atoms with Gasteiger partial charge in [0.2, 0.25) is 5.91 Å². The number of piperidine rings is 1. The van der Waals surface area contributed by atoms with E-state index < -0.39 is 0 Å². The molecule has 2 heterocycles. The van der Waals surface area contributed by atoms with Crippen LogP contribution in [0.15, 0.2) is 0 Å². The molecule has 1 N–H and O–H groups in total. The number of nitrogens with one attached hydrogen (secondary N) is 1. The second kappa shape index (κ2) is 7.07. The van der Waals surface area contributed by atoms with E-state index in [1.165, 1.54) is 0 Å². The number of ether oxygens (including phenoxy) is 2. The van der Waals surface area contributed by atoms with E-state index in [2.05, 4.69) is 10.2 Å². The largest absolute Gasteiger partial charge is 0.359 e. The van der Waals surface area contributed by atoms with Gasteiger partial charge in [-0.15, -0.1) is 0 Å². The van der Waals surface area contributed by atoms with E-state index in [4.69, 9.17) is 9.47 Å². The van der Waals surface area contributed by atoms with Gasteiger partial charge in [-0.25, -0.2) is 0 Å². The second-order valence-corrected chi connectivity index (χ2v) is 5.04. The Morgan fingerprint density at radius 3 is 2.56 bits per heavy atom. The minimum Gasteiger partial charge on any atom is -0.359 e. The van der Waals surface area contributed by atoms with Crippen LogP contribution in [0.4, 0.5) is 0 Å². The number of likely N-dealkylation sites (tertiary alicyclic amines) is 1. The van der Waals surface area contributed by atoms with E-state index in [0.29, 0.717) is 0 Å². The highest BCUT2D eigenvalue weighted by Crippen LogP contribution is 2.18. The number of amides is 1. The quantitative estimate of drug-likeness (QED) is 0.800. The Morgan fingerprint density at radius 2 is 1.94 bits per heavy atom. The summed E-state index contributed by atoms with van der Waals surface area (Å²) < 4.78 is 11.1. The van der Waals surface area contributed by atoms with Gasteiger partial charge in [0.05, 0.1) is 13.2 Å². The Labute approximate surface area is 109 Å². The van der Waals surface area contributed by atoms with Crippen molar-refractivity contribution in [1.82, 2.24) is 10.2 Å². The summed E-state index contributed by atoms with van der Waals surface area (Å²) in [5.41, 5.74) is 0. The molecule has 1 amide bonds. The SMILES string of the molecule is CNC(=O)C1CCN(CCC2OCCCO2)CC1. The Hall–Kier alpha value is -0.650.